The van der Waals surface area contributed by atoms with E-state index in [1.54, 1.807) is 24.3 Å². The molecule has 1 saturated heterocycles. The smallest absolute Gasteiger partial charge is 0.397 e. The fraction of sp³-hybridized carbons (Fsp3) is 0.409. The third kappa shape index (κ3) is 6.72. The summed E-state index contributed by atoms with van der Waals surface area (Å²) >= 11 is 0. The largest absolute Gasteiger partial charge is 0.493 e. The van der Waals surface area contributed by atoms with Gasteiger partial charge in [0.15, 0.2) is 9.84 Å². The molecule has 3 rings (SSSR count). The minimum absolute atomic E-state index is 0.179. The van der Waals surface area contributed by atoms with Gasteiger partial charge in [-0.3, -0.25) is 4.79 Å². The first-order chi connectivity index (χ1) is 14.5. The van der Waals surface area contributed by atoms with Gasteiger partial charge in [-0.2, -0.15) is 13.2 Å². The van der Waals surface area contributed by atoms with Crippen molar-refractivity contribution in [2.75, 3.05) is 26.0 Å². The number of ether oxygens (including phenoxy) is 1. The number of carbonyl (C=O) groups is 1. The number of likely N-dealkylation sites (tertiary alicyclic amines) is 1. The summed E-state index contributed by atoms with van der Waals surface area (Å²) in [6, 6.07) is 14.0. The minimum atomic E-state index is -4.47. The van der Waals surface area contributed by atoms with Crippen LogP contribution in [0.3, 0.4) is 0 Å². The van der Waals surface area contributed by atoms with Gasteiger partial charge in [0.05, 0.1) is 11.5 Å². The summed E-state index contributed by atoms with van der Waals surface area (Å²) in [5.41, 5.74) is 1.80. The van der Waals surface area contributed by atoms with Crippen LogP contribution in [0.15, 0.2) is 53.4 Å². The van der Waals surface area contributed by atoms with E-state index >= 15 is 0 Å². The maximum atomic E-state index is 12.4. The van der Waals surface area contributed by atoms with Crippen molar-refractivity contribution >= 4 is 15.7 Å². The molecule has 1 aliphatic rings. The van der Waals surface area contributed by atoms with Crippen molar-refractivity contribution in [2.24, 2.45) is 5.92 Å². The quantitative estimate of drug-likeness (QED) is 0.651. The molecule has 31 heavy (non-hydrogen) atoms. The van der Waals surface area contributed by atoms with Gasteiger partial charge >= 0.3 is 6.18 Å². The molecule has 0 saturated carbocycles. The Balaban J connectivity index is 1.48. The van der Waals surface area contributed by atoms with Gasteiger partial charge in [-0.1, -0.05) is 24.3 Å². The molecule has 1 fully saturated rings. The fourth-order valence-electron chi connectivity index (χ4n) is 3.48. The van der Waals surface area contributed by atoms with Gasteiger partial charge in [0.2, 0.25) is 5.91 Å². The predicted octanol–water partition coefficient (Wildman–Crippen LogP) is 4.33. The lowest BCUT2D eigenvalue weighted by atomic mass is 9.97. The number of alkyl halides is 3. The van der Waals surface area contributed by atoms with Crippen LogP contribution < -0.4 is 4.74 Å². The Kier molecular flexibility index (Phi) is 6.93. The fourth-order valence-corrected chi connectivity index (χ4v) is 4.12. The summed E-state index contributed by atoms with van der Waals surface area (Å²) in [6.07, 6.45) is -3.50. The van der Waals surface area contributed by atoms with Crippen LogP contribution in [0.2, 0.25) is 0 Å². The summed E-state index contributed by atoms with van der Waals surface area (Å²) in [4.78, 5) is 13.2. The highest BCUT2D eigenvalue weighted by molar-refractivity contribution is 7.90. The van der Waals surface area contributed by atoms with Crippen LogP contribution in [0.4, 0.5) is 13.2 Å². The van der Waals surface area contributed by atoms with E-state index in [2.05, 4.69) is 0 Å². The van der Waals surface area contributed by atoms with Crippen molar-refractivity contribution in [3.63, 3.8) is 0 Å². The zero-order valence-electron chi connectivity index (χ0n) is 17.1. The van der Waals surface area contributed by atoms with E-state index in [1.165, 1.54) is 11.2 Å². The maximum Gasteiger partial charge on any atom is 0.397 e. The molecule has 0 atom stereocenters. The van der Waals surface area contributed by atoms with E-state index < -0.39 is 28.3 Å². The number of nitrogens with zero attached hydrogens (tertiary/aromatic N) is 1. The van der Waals surface area contributed by atoms with Crippen molar-refractivity contribution < 1.29 is 31.1 Å². The lowest BCUT2D eigenvalue weighted by Crippen LogP contribution is -2.41. The molecule has 0 N–H and O–H groups in total. The molecule has 0 radical (unpaired) electrons. The van der Waals surface area contributed by atoms with E-state index in [0.717, 1.165) is 11.1 Å². The Morgan fingerprint density at radius 2 is 1.52 bits per heavy atom. The zero-order chi connectivity index (χ0) is 22.6. The van der Waals surface area contributed by atoms with E-state index in [1.807, 2.05) is 24.3 Å². The van der Waals surface area contributed by atoms with Gasteiger partial charge in [0.25, 0.3) is 0 Å². The molecule has 2 aromatic rings. The first kappa shape index (κ1) is 23.1. The van der Waals surface area contributed by atoms with Gasteiger partial charge in [0, 0.05) is 19.3 Å². The molecule has 1 amide bonds. The Labute approximate surface area is 179 Å². The molecule has 9 heteroatoms. The van der Waals surface area contributed by atoms with Crippen LogP contribution in [-0.4, -0.2) is 51.4 Å². The molecular weight excluding hydrogens is 431 g/mol. The number of hydrogen-bond acceptors (Lipinski definition) is 4. The lowest BCUT2D eigenvalue weighted by Gasteiger charge is -2.32. The Hall–Kier alpha value is -2.55. The van der Waals surface area contributed by atoms with Crippen LogP contribution in [0, 0.1) is 5.92 Å². The van der Waals surface area contributed by atoms with Gasteiger partial charge in [-0.05, 0) is 54.2 Å². The molecule has 5 nitrogen and oxygen atoms in total. The Bertz CT molecular complexity index is 995. The summed E-state index contributed by atoms with van der Waals surface area (Å²) in [5, 5.41) is 0. The van der Waals surface area contributed by atoms with Crippen molar-refractivity contribution in [3.8, 4) is 16.9 Å². The van der Waals surface area contributed by atoms with E-state index in [-0.39, 0.29) is 10.8 Å². The van der Waals surface area contributed by atoms with Gasteiger partial charge in [-0.25, -0.2) is 8.42 Å². The van der Waals surface area contributed by atoms with E-state index in [4.69, 9.17) is 4.74 Å². The molecule has 0 aromatic heterocycles. The topological polar surface area (TPSA) is 63.7 Å². The number of hydrogen-bond donors (Lipinski definition) is 0. The second-order valence-corrected chi connectivity index (χ2v) is 9.76. The summed E-state index contributed by atoms with van der Waals surface area (Å²) in [7, 11) is -3.23. The van der Waals surface area contributed by atoms with Gasteiger partial charge < -0.3 is 9.64 Å². The summed E-state index contributed by atoms with van der Waals surface area (Å²) in [6.45, 7) is 1.06. The standard InChI is InChI=1S/C22H24F3NO4S/c1-31(28,29)20-8-4-18(5-9-20)17-2-6-19(7-3-17)30-15-16-10-12-26(13-11-16)21(27)14-22(23,24)25/h2-9,16H,10-15H2,1H3. The highest BCUT2D eigenvalue weighted by atomic mass is 32.2. The van der Waals surface area contributed by atoms with Crippen molar-refractivity contribution in [2.45, 2.75) is 30.3 Å². The number of rotatable bonds is 6. The zero-order valence-corrected chi connectivity index (χ0v) is 17.9. The predicted molar refractivity (Wildman–Crippen MR) is 110 cm³/mol. The number of carbonyl (C=O) groups excluding carboxylic acids is 1. The molecule has 168 valence electrons. The highest BCUT2D eigenvalue weighted by Gasteiger charge is 2.34. The number of sulfone groups is 1. The average molecular weight is 455 g/mol. The maximum absolute atomic E-state index is 12.4. The molecule has 0 bridgehead atoms. The molecule has 2 aromatic carbocycles. The number of benzene rings is 2. The Morgan fingerprint density at radius 1 is 1.00 bits per heavy atom. The molecular formula is C22H24F3NO4S. The normalized spacial score (nSPS) is 15.7. The summed E-state index contributed by atoms with van der Waals surface area (Å²) < 4.78 is 66.0. The highest BCUT2D eigenvalue weighted by Crippen LogP contribution is 2.26. The lowest BCUT2D eigenvalue weighted by molar-refractivity contribution is -0.162. The molecule has 0 aliphatic carbocycles. The Morgan fingerprint density at radius 3 is 2.00 bits per heavy atom. The summed E-state index contributed by atoms with van der Waals surface area (Å²) in [5.74, 6) is -0.0164. The first-order valence-electron chi connectivity index (χ1n) is 9.89. The minimum Gasteiger partial charge on any atom is -0.493 e. The van der Waals surface area contributed by atoms with Gasteiger partial charge in [-0.15, -0.1) is 0 Å². The van der Waals surface area contributed by atoms with Crippen molar-refractivity contribution in [1.82, 2.24) is 4.90 Å². The van der Waals surface area contributed by atoms with Crippen molar-refractivity contribution in [1.29, 1.82) is 0 Å². The number of halogens is 3. The molecule has 0 unspecified atom stereocenters. The number of piperidine rings is 1. The second kappa shape index (κ2) is 9.30. The third-order valence-electron chi connectivity index (χ3n) is 5.27. The molecule has 1 aliphatic heterocycles. The van der Waals surface area contributed by atoms with Crippen LogP contribution in [0.1, 0.15) is 19.3 Å². The third-order valence-corrected chi connectivity index (χ3v) is 6.40. The van der Waals surface area contributed by atoms with Crippen LogP contribution in [0.25, 0.3) is 11.1 Å². The van der Waals surface area contributed by atoms with Gasteiger partial charge in [0.1, 0.15) is 12.2 Å². The van der Waals surface area contributed by atoms with Crippen LogP contribution >= 0.6 is 0 Å². The van der Waals surface area contributed by atoms with E-state index in [9.17, 15) is 26.4 Å². The SMILES string of the molecule is CS(=O)(=O)c1ccc(-c2ccc(OCC3CCN(C(=O)CC(F)(F)F)CC3)cc2)cc1. The monoisotopic (exact) mass is 455 g/mol. The average Bonchev–Trinajstić information content (AvgIpc) is 2.71. The second-order valence-electron chi connectivity index (χ2n) is 7.75. The van der Waals surface area contributed by atoms with E-state index in [0.29, 0.717) is 38.3 Å². The van der Waals surface area contributed by atoms with Crippen LogP contribution in [0.5, 0.6) is 5.75 Å². The van der Waals surface area contributed by atoms with Crippen molar-refractivity contribution in [3.05, 3.63) is 48.5 Å². The molecule has 1 heterocycles. The number of amides is 1. The first-order valence-corrected chi connectivity index (χ1v) is 11.8. The van der Waals surface area contributed by atoms with Crippen LogP contribution in [-0.2, 0) is 14.6 Å². The molecule has 0 spiro atoms.